The SMILES string of the molecule is CCC1(c2ccc(NC(=O)C3CCCN(C(=O)c4ccc(Cl)cc4)C3)cc2)CCC(=O)NC1=O. The summed E-state index contributed by atoms with van der Waals surface area (Å²) in [6.45, 7) is 2.91. The van der Waals surface area contributed by atoms with Gasteiger partial charge in [0.1, 0.15) is 0 Å². The number of anilines is 1. The van der Waals surface area contributed by atoms with Crippen molar-refractivity contribution < 1.29 is 19.2 Å². The van der Waals surface area contributed by atoms with E-state index in [-0.39, 0.29) is 29.5 Å². The number of nitrogens with zero attached hydrogens (tertiary/aromatic N) is 1. The van der Waals surface area contributed by atoms with Crippen LogP contribution in [0.2, 0.25) is 5.02 Å². The normalized spacial score (nSPS) is 22.8. The van der Waals surface area contributed by atoms with Crippen LogP contribution in [0.4, 0.5) is 5.69 Å². The van der Waals surface area contributed by atoms with Gasteiger partial charge in [0, 0.05) is 35.8 Å². The predicted molar refractivity (Wildman–Crippen MR) is 130 cm³/mol. The third-order valence-electron chi connectivity index (χ3n) is 6.95. The lowest BCUT2D eigenvalue weighted by Gasteiger charge is -2.35. The van der Waals surface area contributed by atoms with Gasteiger partial charge in [0.25, 0.3) is 5.91 Å². The van der Waals surface area contributed by atoms with Crippen LogP contribution in [-0.2, 0) is 19.8 Å². The second-order valence-electron chi connectivity index (χ2n) is 8.98. The Hall–Kier alpha value is -3.19. The van der Waals surface area contributed by atoms with Crippen molar-refractivity contribution in [1.82, 2.24) is 10.2 Å². The molecule has 0 aliphatic carbocycles. The number of carbonyl (C=O) groups excluding carboxylic acids is 4. The zero-order valence-corrected chi connectivity index (χ0v) is 19.9. The first-order chi connectivity index (χ1) is 16.3. The summed E-state index contributed by atoms with van der Waals surface area (Å²) in [5.41, 5.74) is 1.28. The van der Waals surface area contributed by atoms with Gasteiger partial charge >= 0.3 is 0 Å². The lowest BCUT2D eigenvalue weighted by atomic mass is 9.72. The van der Waals surface area contributed by atoms with Gasteiger partial charge in [0.2, 0.25) is 17.7 Å². The molecule has 2 aromatic rings. The zero-order chi connectivity index (χ0) is 24.3. The number of nitrogens with one attached hydrogen (secondary N) is 2. The van der Waals surface area contributed by atoms with E-state index in [1.807, 2.05) is 19.1 Å². The summed E-state index contributed by atoms with van der Waals surface area (Å²) in [6.07, 6.45) is 2.83. The van der Waals surface area contributed by atoms with E-state index in [2.05, 4.69) is 10.6 Å². The van der Waals surface area contributed by atoms with Gasteiger partial charge in [-0.1, -0.05) is 30.7 Å². The van der Waals surface area contributed by atoms with E-state index in [9.17, 15) is 19.2 Å². The molecule has 2 aliphatic rings. The maximum Gasteiger partial charge on any atom is 0.253 e. The fourth-order valence-electron chi connectivity index (χ4n) is 4.83. The van der Waals surface area contributed by atoms with Crippen LogP contribution in [0, 0.1) is 5.92 Å². The first kappa shape index (κ1) is 24.0. The molecule has 4 amide bonds. The second-order valence-corrected chi connectivity index (χ2v) is 9.41. The molecule has 0 aromatic heterocycles. The van der Waals surface area contributed by atoms with E-state index in [0.29, 0.717) is 55.0 Å². The number of carbonyl (C=O) groups is 4. The summed E-state index contributed by atoms with van der Waals surface area (Å²) in [5.74, 6) is -1.05. The third-order valence-corrected chi connectivity index (χ3v) is 7.20. The second kappa shape index (κ2) is 9.97. The monoisotopic (exact) mass is 481 g/mol. The molecule has 178 valence electrons. The summed E-state index contributed by atoms with van der Waals surface area (Å²) in [5, 5.41) is 5.97. The minimum atomic E-state index is -0.734. The molecular weight excluding hydrogens is 454 g/mol. The molecule has 0 spiro atoms. The molecule has 2 atom stereocenters. The molecule has 2 fully saturated rings. The molecule has 2 N–H and O–H groups in total. The maximum absolute atomic E-state index is 12.9. The van der Waals surface area contributed by atoms with E-state index in [1.165, 1.54) is 0 Å². The Morgan fingerprint density at radius 3 is 2.47 bits per heavy atom. The molecule has 4 rings (SSSR count). The van der Waals surface area contributed by atoms with Crippen molar-refractivity contribution in [3.63, 3.8) is 0 Å². The number of amides is 4. The molecule has 2 unspecified atom stereocenters. The van der Waals surface area contributed by atoms with Gasteiger partial charge in [-0.05, 0) is 67.6 Å². The highest BCUT2D eigenvalue weighted by atomic mass is 35.5. The van der Waals surface area contributed by atoms with Crippen LogP contribution in [0.1, 0.15) is 54.9 Å². The molecule has 0 saturated carbocycles. The van der Waals surface area contributed by atoms with Gasteiger partial charge in [0.15, 0.2) is 0 Å². The van der Waals surface area contributed by atoms with Gasteiger partial charge in [-0.25, -0.2) is 0 Å². The number of imide groups is 1. The smallest absolute Gasteiger partial charge is 0.253 e. The number of hydrogen-bond donors (Lipinski definition) is 2. The van der Waals surface area contributed by atoms with Crippen LogP contribution in [0.15, 0.2) is 48.5 Å². The van der Waals surface area contributed by atoms with Crippen molar-refractivity contribution in [3.05, 3.63) is 64.7 Å². The van der Waals surface area contributed by atoms with Crippen molar-refractivity contribution in [2.75, 3.05) is 18.4 Å². The van der Waals surface area contributed by atoms with Crippen molar-refractivity contribution in [1.29, 1.82) is 0 Å². The van der Waals surface area contributed by atoms with Gasteiger partial charge in [0.05, 0.1) is 11.3 Å². The van der Waals surface area contributed by atoms with Crippen LogP contribution in [0.25, 0.3) is 0 Å². The summed E-state index contributed by atoms with van der Waals surface area (Å²) in [6, 6.07) is 14.0. The van der Waals surface area contributed by atoms with Gasteiger partial charge in [-0.3, -0.25) is 24.5 Å². The van der Waals surface area contributed by atoms with E-state index < -0.39 is 5.41 Å². The molecule has 7 nitrogen and oxygen atoms in total. The summed E-state index contributed by atoms with van der Waals surface area (Å²) >= 11 is 5.92. The van der Waals surface area contributed by atoms with Crippen LogP contribution in [0.3, 0.4) is 0 Å². The zero-order valence-electron chi connectivity index (χ0n) is 19.1. The Morgan fingerprint density at radius 1 is 1.12 bits per heavy atom. The fourth-order valence-corrected chi connectivity index (χ4v) is 4.96. The molecular formula is C26H28ClN3O4. The Morgan fingerprint density at radius 2 is 1.82 bits per heavy atom. The minimum Gasteiger partial charge on any atom is -0.338 e. The van der Waals surface area contributed by atoms with E-state index >= 15 is 0 Å². The summed E-state index contributed by atoms with van der Waals surface area (Å²) in [4.78, 5) is 51.7. The molecule has 2 aromatic carbocycles. The van der Waals surface area contributed by atoms with Crippen LogP contribution in [0.5, 0.6) is 0 Å². The third kappa shape index (κ3) is 4.85. The predicted octanol–water partition coefficient (Wildman–Crippen LogP) is 3.92. The highest BCUT2D eigenvalue weighted by Crippen LogP contribution is 2.36. The molecule has 0 bridgehead atoms. The van der Waals surface area contributed by atoms with Gasteiger partial charge in [-0.15, -0.1) is 0 Å². The maximum atomic E-state index is 12.9. The van der Waals surface area contributed by atoms with Gasteiger partial charge in [-0.2, -0.15) is 0 Å². The standard InChI is InChI=1S/C26H28ClN3O4/c1-2-26(14-13-22(31)29-25(26)34)19-7-11-21(12-8-19)28-23(32)18-4-3-15-30(16-18)24(33)17-5-9-20(27)10-6-17/h5-12,18H,2-4,13-16H2,1H3,(H,28,32)(H,29,31,34). The lowest BCUT2D eigenvalue weighted by Crippen LogP contribution is -2.51. The number of rotatable bonds is 5. The van der Waals surface area contributed by atoms with E-state index in [4.69, 9.17) is 11.6 Å². The summed E-state index contributed by atoms with van der Waals surface area (Å²) < 4.78 is 0. The quantitative estimate of drug-likeness (QED) is 0.633. The number of benzene rings is 2. The highest BCUT2D eigenvalue weighted by molar-refractivity contribution is 6.30. The van der Waals surface area contributed by atoms with Crippen LogP contribution in [-0.4, -0.2) is 41.6 Å². The number of hydrogen-bond acceptors (Lipinski definition) is 4. The fraction of sp³-hybridized carbons (Fsp3) is 0.385. The first-order valence-electron chi connectivity index (χ1n) is 11.6. The molecule has 34 heavy (non-hydrogen) atoms. The van der Waals surface area contributed by atoms with Crippen LogP contribution >= 0.6 is 11.6 Å². The Bertz CT molecular complexity index is 1100. The number of piperidine rings is 2. The molecule has 2 heterocycles. The van der Waals surface area contributed by atoms with E-state index in [0.717, 1.165) is 12.0 Å². The number of halogens is 1. The largest absolute Gasteiger partial charge is 0.338 e. The Labute approximate surface area is 203 Å². The van der Waals surface area contributed by atoms with Gasteiger partial charge < -0.3 is 10.2 Å². The molecule has 2 saturated heterocycles. The van der Waals surface area contributed by atoms with Crippen molar-refractivity contribution in [2.45, 2.75) is 44.4 Å². The van der Waals surface area contributed by atoms with Crippen LogP contribution < -0.4 is 10.6 Å². The van der Waals surface area contributed by atoms with Crippen molar-refractivity contribution in [2.24, 2.45) is 5.92 Å². The van der Waals surface area contributed by atoms with Crippen molar-refractivity contribution >= 4 is 40.9 Å². The average molecular weight is 482 g/mol. The molecule has 2 aliphatic heterocycles. The average Bonchev–Trinajstić information content (AvgIpc) is 2.85. The Balaban J connectivity index is 1.40. The summed E-state index contributed by atoms with van der Waals surface area (Å²) in [7, 11) is 0. The topological polar surface area (TPSA) is 95.6 Å². The molecule has 0 radical (unpaired) electrons. The minimum absolute atomic E-state index is 0.104. The molecule has 8 heteroatoms. The number of likely N-dealkylation sites (tertiary alicyclic amines) is 1. The lowest BCUT2D eigenvalue weighted by molar-refractivity contribution is -0.138. The first-order valence-corrected chi connectivity index (χ1v) is 12.0. The van der Waals surface area contributed by atoms with Crippen molar-refractivity contribution in [3.8, 4) is 0 Å². The Kier molecular flexibility index (Phi) is 7.03. The highest BCUT2D eigenvalue weighted by Gasteiger charge is 2.42. The van der Waals surface area contributed by atoms with E-state index in [1.54, 1.807) is 41.3 Å².